The number of hydrogen-bond acceptors (Lipinski definition) is 2. The summed E-state index contributed by atoms with van der Waals surface area (Å²) in [5.41, 5.74) is 1.82. The number of halogens is 2. The Morgan fingerprint density at radius 1 is 1.38 bits per heavy atom. The monoisotopic (exact) mass is 306 g/mol. The van der Waals surface area contributed by atoms with Crippen LogP contribution in [-0.2, 0) is 6.42 Å². The molecule has 0 aliphatic rings. The third kappa shape index (κ3) is 3.45. The minimum Gasteiger partial charge on any atom is -0.390 e. The normalized spacial score (nSPS) is 14.8. The van der Waals surface area contributed by atoms with Crippen molar-refractivity contribution in [3.8, 4) is 0 Å². The lowest BCUT2D eigenvalue weighted by Gasteiger charge is -2.20. The van der Waals surface area contributed by atoms with Gasteiger partial charge in [-0.1, -0.05) is 28.9 Å². The number of alkyl halides is 1. The largest absolute Gasteiger partial charge is 0.390 e. The topological polar surface area (TPSA) is 40.5 Å². The molecular weight excluding hydrogens is 291 g/mol. The molecule has 4 heteroatoms. The van der Waals surface area contributed by atoms with Crippen molar-refractivity contribution in [3.05, 3.63) is 33.8 Å². The predicted octanol–water partition coefficient (Wildman–Crippen LogP) is 3.03. The zero-order chi connectivity index (χ0) is 12.1. The maximum absolute atomic E-state index is 10.00. The summed E-state index contributed by atoms with van der Waals surface area (Å²) in [6.45, 7) is 2.02. The Morgan fingerprint density at radius 3 is 2.62 bits per heavy atom. The molecule has 0 amide bonds. The lowest BCUT2D eigenvalue weighted by molar-refractivity contribution is 0.0165. The average Bonchev–Trinajstić information content (AvgIpc) is 2.28. The van der Waals surface area contributed by atoms with E-state index in [4.69, 9.17) is 11.6 Å². The Bertz CT molecular complexity index is 344. The second-order valence-corrected chi connectivity index (χ2v) is 4.98. The zero-order valence-corrected chi connectivity index (χ0v) is 11.5. The van der Waals surface area contributed by atoms with Gasteiger partial charge in [-0.2, -0.15) is 0 Å². The molecule has 0 saturated heterocycles. The molecule has 0 aliphatic carbocycles. The van der Waals surface area contributed by atoms with Crippen molar-refractivity contribution < 1.29 is 10.2 Å². The number of rotatable bonds is 5. The summed E-state index contributed by atoms with van der Waals surface area (Å²) >= 11 is 8.94. The first-order valence-electron chi connectivity index (χ1n) is 5.30. The van der Waals surface area contributed by atoms with Crippen LogP contribution in [0, 0.1) is 0 Å². The van der Waals surface area contributed by atoms with E-state index in [1.165, 1.54) is 0 Å². The van der Waals surface area contributed by atoms with Crippen LogP contribution in [0.3, 0.4) is 0 Å². The molecule has 2 atom stereocenters. The van der Waals surface area contributed by atoms with Crippen LogP contribution in [0.5, 0.6) is 0 Å². The fraction of sp³-hybridized carbons (Fsp3) is 0.500. The highest BCUT2D eigenvalue weighted by Crippen LogP contribution is 2.26. The fourth-order valence-corrected chi connectivity index (χ4v) is 2.28. The van der Waals surface area contributed by atoms with Crippen molar-refractivity contribution in [2.24, 2.45) is 0 Å². The van der Waals surface area contributed by atoms with E-state index in [1.807, 2.05) is 25.1 Å². The molecule has 90 valence electrons. The molecule has 2 N–H and O–H groups in total. The second kappa shape index (κ2) is 6.60. The zero-order valence-electron chi connectivity index (χ0n) is 9.16. The van der Waals surface area contributed by atoms with Crippen LogP contribution < -0.4 is 0 Å². The molecule has 0 fully saturated rings. The molecule has 0 saturated carbocycles. The second-order valence-electron chi connectivity index (χ2n) is 3.69. The number of hydrogen-bond donors (Lipinski definition) is 2. The van der Waals surface area contributed by atoms with Crippen molar-refractivity contribution in [3.63, 3.8) is 0 Å². The van der Waals surface area contributed by atoms with Gasteiger partial charge in [0, 0.05) is 10.4 Å². The molecule has 0 spiro atoms. The van der Waals surface area contributed by atoms with E-state index >= 15 is 0 Å². The molecule has 0 radical (unpaired) electrons. The van der Waals surface area contributed by atoms with Gasteiger partial charge in [-0.15, -0.1) is 11.6 Å². The highest BCUT2D eigenvalue weighted by Gasteiger charge is 2.20. The van der Waals surface area contributed by atoms with E-state index in [0.29, 0.717) is 12.3 Å². The van der Waals surface area contributed by atoms with Crippen LogP contribution in [0.1, 0.15) is 30.6 Å². The first kappa shape index (κ1) is 14.0. The van der Waals surface area contributed by atoms with E-state index in [1.54, 1.807) is 0 Å². The SMILES string of the molecule is CCc1cc(Br)ccc1C(O)C(O)CCCl. The Hall–Kier alpha value is -0.0900. The minimum atomic E-state index is -0.859. The molecule has 1 aromatic rings. The van der Waals surface area contributed by atoms with Crippen molar-refractivity contribution in [2.45, 2.75) is 32.0 Å². The van der Waals surface area contributed by atoms with E-state index < -0.39 is 12.2 Å². The smallest absolute Gasteiger partial charge is 0.105 e. The van der Waals surface area contributed by atoms with Gasteiger partial charge in [-0.05, 0) is 36.1 Å². The Labute approximate surface area is 109 Å². The number of benzene rings is 1. The molecule has 2 unspecified atom stereocenters. The average molecular weight is 308 g/mol. The lowest BCUT2D eigenvalue weighted by atomic mass is 9.96. The first-order chi connectivity index (χ1) is 7.60. The summed E-state index contributed by atoms with van der Waals surface area (Å²) in [6.07, 6.45) is -0.452. The Kier molecular flexibility index (Phi) is 5.76. The van der Waals surface area contributed by atoms with Gasteiger partial charge in [0.2, 0.25) is 0 Å². The molecular formula is C12H16BrClO2. The van der Waals surface area contributed by atoms with Crippen molar-refractivity contribution >= 4 is 27.5 Å². The minimum absolute atomic E-state index is 0.343. The number of aliphatic hydroxyl groups is 2. The first-order valence-corrected chi connectivity index (χ1v) is 6.63. The summed E-state index contributed by atoms with van der Waals surface area (Å²) in [7, 11) is 0. The summed E-state index contributed by atoms with van der Waals surface area (Å²) in [6, 6.07) is 5.67. The molecule has 1 rings (SSSR count). The maximum Gasteiger partial charge on any atom is 0.105 e. The Balaban J connectivity index is 2.93. The van der Waals surface area contributed by atoms with Crippen LogP contribution >= 0.6 is 27.5 Å². The van der Waals surface area contributed by atoms with Gasteiger partial charge >= 0.3 is 0 Å². The highest BCUT2D eigenvalue weighted by atomic mass is 79.9. The summed E-state index contributed by atoms with van der Waals surface area (Å²) < 4.78 is 0.979. The predicted molar refractivity (Wildman–Crippen MR) is 69.8 cm³/mol. The van der Waals surface area contributed by atoms with Crippen molar-refractivity contribution in [1.29, 1.82) is 0 Å². The van der Waals surface area contributed by atoms with Gasteiger partial charge < -0.3 is 10.2 Å². The van der Waals surface area contributed by atoms with Gasteiger partial charge in [-0.25, -0.2) is 0 Å². The van der Waals surface area contributed by atoms with Crippen LogP contribution in [0.2, 0.25) is 0 Å². The molecule has 0 aromatic heterocycles. The van der Waals surface area contributed by atoms with Gasteiger partial charge in [0.15, 0.2) is 0 Å². The van der Waals surface area contributed by atoms with Crippen molar-refractivity contribution in [1.82, 2.24) is 0 Å². The van der Waals surface area contributed by atoms with E-state index in [2.05, 4.69) is 15.9 Å². The molecule has 16 heavy (non-hydrogen) atoms. The summed E-state index contributed by atoms with van der Waals surface area (Å²) in [5, 5.41) is 19.7. The van der Waals surface area contributed by atoms with Gasteiger partial charge in [-0.3, -0.25) is 0 Å². The molecule has 0 aliphatic heterocycles. The van der Waals surface area contributed by atoms with E-state index in [0.717, 1.165) is 22.0 Å². The summed E-state index contributed by atoms with van der Waals surface area (Å²) in [4.78, 5) is 0. The van der Waals surface area contributed by atoms with Gasteiger partial charge in [0.05, 0.1) is 6.10 Å². The molecule has 0 bridgehead atoms. The third-order valence-corrected chi connectivity index (χ3v) is 3.29. The maximum atomic E-state index is 10.00. The van der Waals surface area contributed by atoms with Crippen LogP contribution in [-0.4, -0.2) is 22.2 Å². The molecule has 2 nitrogen and oxygen atoms in total. The number of aliphatic hydroxyl groups excluding tert-OH is 2. The standard InChI is InChI=1S/C12H16BrClO2/c1-2-8-7-9(13)3-4-10(8)12(16)11(15)5-6-14/h3-4,7,11-12,15-16H,2,5-6H2,1H3. The molecule has 0 heterocycles. The summed E-state index contributed by atoms with van der Waals surface area (Å²) in [5.74, 6) is 0.343. The number of aryl methyl sites for hydroxylation is 1. The fourth-order valence-electron chi connectivity index (χ4n) is 1.65. The van der Waals surface area contributed by atoms with E-state index in [9.17, 15) is 10.2 Å². The third-order valence-electron chi connectivity index (χ3n) is 2.57. The van der Waals surface area contributed by atoms with Crippen molar-refractivity contribution in [2.75, 3.05) is 5.88 Å². The Morgan fingerprint density at radius 2 is 2.06 bits per heavy atom. The van der Waals surface area contributed by atoms with Crippen LogP contribution in [0.15, 0.2) is 22.7 Å². The quantitative estimate of drug-likeness (QED) is 0.821. The van der Waals surface area contributed by atoms with Crippen LogP contribution in [0.25, 0.3) is 0 Å². The lowest BCUT2D eigenvalue weighted by Crippen LogP contribution is -2.19. The van der Waals surface area contributed by atoms with Gasteiger partial charge in [0.1, 0.15) is 6.10 Å². The van der Waals surface area contributed by atoms with Crippen LogP contribution in [0.4, 0.5) is 0 Å². The van der Waals surface area contributed by atoms with E-state index in [-0.39, 0.29) is 0 Å². The van der Waals surface area contributed by atoms with Gasteiger partial charge in [0.25, 0.3) is 0 Å². The highest BCUT2D eigenvalue weighted by molar-refractivity contribution is 9.10. The molecule has 1 aromatic carbocycles.